The molecule has 0 aliphatic rings. The minimum absolute atomic E-state index is 0.225. The van der Waals surface area contributed by atoms with Crippen LogP contribution in [0.5, 0.6) is 0 Å². The van der Waals surface area contributed by atoms with E-state index in [4.69, 9.17) is 8.83 Å². The number of pyridine rings is 1. The van der Waals surface area contributed by atoms with Crippen molar-refractivity contribution in [3.63, 3.8) is 0 Å². The Labute approximate surface area is 141 Å². The molecule has 4 rings (SSSR count). The van der Waals surface area contributed by atoms with E-state index in [9.17, 15) is 9.59 Å². The molecule has 25 heavy (non-hydrogen) atoms. The van der Waals surface area contributed by atoms with E-state index < -0.39 is 0 Å². The van der Waals surface area contributed by atoms with Crippen LogP contribution in [-0.4, -0.2) is 27.2 Å². The molecule has 0 aromatic carbocycles. The first kappa shape index (κ1) is 15.0. The minimum Gasteiger partial charge on any atom is -0.463 e. The summed E-state index contributed by atoms with van der Waals surface area (Å²) in [5.74, 6) is 0.269. The van der Waals surface area contributed by atoms with Gasteiger partial charge in [0.2, 0.25) is 0 Å². The van der Waals surface area contributed by atoms with Crippen molar-refractivity contribution in [3.05, 3.63) is 65.1 Å². The van der Waals surface area contributed by atoms with Gasteiger partial charge in [-0.25, -0.2) is 0 Å². The van der Waals surface area contributed by atoms with Crippen molar-refractivity contribution >= 4 is 16.9 Å². The number of carbonyl (C=O) groups excluding carboxylic acids is 1. The molecule has 1 amide bonds. The third-order valence-corrected chi connectivity index (χ3v) is 3.82. The highest BCUT2D eigenvalue weighted by Crippen LogP contribution is 2.17. The molecule has 4 aromatic rings. The van der Waals surface area contributed by atoms with Crippen LogP contribution in [-0.2, 0) is 6.54 Å². The van der Waals surface area contributed by atoms with Crippen molar-refractivity contribution < 1.29 is 13.6 Å². The van der Waals surface area contributed by atoms with E-state index in [0.717, 1.165) is 5.39 Å². The molecule has 0 saturated carbocycles. The first-order valence-electron chi connectivity index (χ1n) is 7.66. The van der Waals surface area contributed by atoms with Gasteiger partial charge < -0.3 is 18.7 Å². The van der Waals surface area contributed by atoms with Gasteiger partial charge >= 0.3 is 0 Å². The zero-order valence-electron chi connectivity index (χ0n) is 13.1. The number of aromatic amines is 1. The van der Waals surface area contributed by atoms with Gasteiger partial charge in [-0.05, 0) is 24.3 Å². The monoisotopic (exact) mass is 338 g/mol. The lowest BCUT2D eigenvalue weighted by molar-refractivity contribution is 0.0947. The van der Waals surface area contributed by atoms with Crippen LogP contribution in [0.15, 0.2) is 62.7 Å². The normalized spacial score (nSPS) is 11.0. The SMILES string of the molecule is O=C(NCCn1ccc2ccoc2c1=O)c1cc(-c2ccco2)[nH]n1. The molecule has 126 valence electrons. The summed E-state index contributed by atoms with van der Waals surface area (Å²) in [7, 11) is 0. The lowest BCUT2D eigenvalue weighted by Gasteiger charge is -2.06. The second-order valence-electron chi connectivity index (χ2n) is 5.42. The number of rotatable bonds is 5. The fourth-order valence-electron chi connectivity index (χ4n) is 2.55. The zero-order valence-corrected chi connectivity index (χ0v) is 13.1. The highest BCUT2D eigenvalue weighted by atomic mass is 16.3. The maximum atomic E-state index is 12.2. The smallest absolute Gasteiger partial charge is 0.294 e. The summed E-state index contributed by atoms with van der Waals surface area (Å²) in [4.78, 5) is 24.3. The molecule has 0 aliphatic carbocycles. The second-order valence-corrected chi connectivity index (χ2v) is 5.42. The lowest BCUT2D eigenvalue weighted by atomic mass is 10.3. The summed E-state index contributed by atoms with van der Waals surface area (Å²) < 4.78 is 11.9. The molecule has 4 aromatic heterocycles. The molecule has 2 N–H and O–H groups in total. The van der Waals surface area contributed by atoms with Crippen molar-refractivity contribution in [3.8, 4) is 11.5 Å². The summed E-state index contributed by atoms with van der Waals surface area (Å²) in [5.41, 5.74) is 0.954. The number of hydrogen-bond donors (Lipinski definition) is 2. The highest BCUT2D eigenvalue weighted by Gasteiger charge is 2.12. The molecule has 0 saturated heterocycles. The van der Waals surface area contributed by atoms with Gasteiger partial charge in [0.1, 0.15) is 5.69 Å². The van der Waals surface area contributed by atoms with E-state index in [1.165, 1.54) is 10.8 Å². The van der Waals surface area contributed by atoms with Crippen LogP contribution < -0.4 is 10.9 Å². The van der Waals surface area contributed by atoms with Crippen LogP contribution in [0.2, 0.25) is 0 Å². The van der Waals surface area contributed by atoms with E-state index in [2.05, 4.69) is 15.5 Å². The minimum atomic E-state index is -0.332. The number of hydrogen-bond acceptors (Lipinski definition) is 5. The fraction of sp³-hybridized carbons (Fsp3) is 0.118. The van der Waals surface area contributed by atoms with Crippen molar-refractivity contribution in [1.29, 1.82) is 0 Å². The van der Waals surface area contributed by atoms with E-state index in [0.29, 0.717) is 23.6 Å². The lowest BCUT2D eigenvalue weighted by Crippen LogP contribution is -2.30. The second kappa shape index (κ2) is 6.16. The standard InChI is InChI=1S/C17H14N4O4/c22-16(13-10-12(19-20-13)14-2-1-8-24-14)18-5-7-21-6-3-11-4-9-25-15(11)17(21)23/h1-4,6,8-10H,5,7H2,(H,18,22)(H,19,20). The molecular weight excluding hydrogens is 324 g/mol. The van der Waals surface area contributed by atoms with Crippen molar-refractivity contribution in [2.24, 2.45) is 0 Å². The van der Waals surface area contributed by atoms with Crippen LogP contribution >= 0.6 is 0 Å². The van der Waals surface area contributed by atoms with Gasteiger partial charge in [-0.3, -0.25) is 14.7 Å². The Morgan fingerprint density at radius 3 is 3.00 bits per heavy atom. The Hall–Kier alpha value is -3.55. The molecular formula is C17H14N4O4. The first-order valence-corrected chi connectivity index (χ1v) is 7.66. The number of nitrogens with one attached hydrogen (secondary N) is 2. The fourth-order valence-corrected chi connectivity index (χ4v) is 2.55. The van der Waals surface area contributed by atoms with Crippen molar-refractivity contribution in [2.75, 3.05) is 6.54 Å². The Morgan fingerprint density at radius 1 is 1.24 bits per heavy atom. The summed E-state index contributed by atoms with van der Waals surface area (Å²) >= 11 is 0. The van der Waals surface area contributed by atoms with Crippen molar-refractivity contribution in [1.82, 2.24) is 20.1 Å². The Morgan fingerprint density at radius 2 is 2.16 bits per heavy atom. The number of carbonyl (C=O) groups is 1. The van der Waals surface area contributed by atoms with Gasteiger partial charge in [0.25, 0.3) is 11.5 Å². The highest BCUT2D eigenvalue weighted by molar-refractivity contribution is 5.93. The molecule has 0 fully saturated rings. The van der Waals surface area contributed by atoms with E-state index in [1.54, 1.807) is 42.8 Å². The molecule has 0 aliphatic heterocycles. The Balaban J connectivity index is 1.40. The summed E-state index contributed by atoms with van der Waals surface area (Å²) in [5, 5.41) is 10.2. The van der Waals surface area contributed by atoms with Crippen LogP contribution in [0.4, 0.5) is 0 Å². The maximum absolute atomic E-state index is 12.2. The quantitative estimate of drug-likeness (QED) is 0.579. The van der Waals surface area contributed by atoms with Gasteiger partial charge in [-0.2, -0.15) is 5.10 Å². The molecule has 4 heterocycles. The largest absolute Gasteiger partial charge is 0.463 e. The number of H-pyrrole nitrogens is 1. The van der Waals surface area contributed by atoms with Crippen LogP contribution in [0.3, 0.4) is 0 Å². The number of amides is 1. The number of nitrogens with zero attached hydrogens (tertiary/aromatic N) is 2. The maximum Gasteiger partial charge on any atom is 0.294 e. The summed E-state index contributed by atoms with van der Waals surface area (Å²) in [6.07, 6.45) is 4.70. The van der Waals surface area contributed by atoms with Gasteiger partial charge in [0.05, 0.1) is 12.5 Å². The molecule has 0 bridgehead atoms. The van der Waals surface area contributed by atoms with Crippen molar-refractivity contribution in [2.45, 2.75) is 6.54 Å². The van der Waals surface area contributed by atoms with Gasteiger partial charge in [0, 0.05) is 30.7 Å². The van der Waals surface area contributed by atoms with E-state index in [-0.39, 0.29) is 23.7 Å². The zero-order chi connectivity index (χ0) is 17.2. The summed E-state index contributed by atoms with van der Waals surface area (Å²) in [6.45, 7) is 0.616. The molecule has 0 unspecified atom stereocenters. The Kier molecular flexibility index (Phi) is 3.70. The van der Waals surface area contributed by atoms with Crippen LogP contribution in [0, 0.1) is 0 Å². The topological polar surface area (TPSA) is 106 Å². The van der Waals surface area contributed by atoms with E-state index >= 15 is 0 Å². The van der Waals surface area contributed by atoms with E-state index in [1.807, 2.05) is 0 Å². The number of aromatic nitrogens is 3. The molecule has 0 spiro atoms. The number of fused-ring (bicyclic) bond motifs is 1. The summed E-state index contributed by atoms with van der Waals surface area (Å²) in [6, 6.07) is 8.66. The predicted octanol–water partition coefficient (Wildman–Crippen LogP) is 2.01. The number of furan rings is 2. The molecule has 8 heteroatoms. The average Bonchev–Trinajstić information content (AvgIpc) is 3.37. The van der Waals surface area contributed by atoms with Gasteiger partial charge in [0.15, 0.2) is 17.0 Å². The van der Waals surface area contributed by atoms with Crippen LogP contribution in [0.25, 0.3) is 22.4 Å². The van der Waals surface area contributed by atoms with Gasteiger partial charge in [-0.1, -0.05) is 0 Å². The molecule has 0 atom stereocenters. The Bertz CT molecular complexity index is 1070. The average molecular weight is 338 g/mol. The molecule has 8 nitrogen and oxygen atoms in total. The first-order chi connectivity index (χ1) is 12.2. The third-order valence-electron chi connectivity index (χ3n) is 3.82. The third kappa shape index (κ3) is 2.85. The van der Waals surface area contributed by atoms with Crippen LogP contribution in [0.1, 0.15) is 10.5 Å². The molecule has 0 radical (unpaired) electrons. The predicted molar refractivity (Wildman–Crippen MR) is 89.1 cm³/mol. The van der Waals surface area contributed by atoms with Gasteiger partial charge in [-0.15, -0.1) is 0 Å².